The van der Waals surface area contributed by atoms with E-state index in [1.165, 1.54) is 12.3 Å². The van der Waals surface area contributed by atoms with Crippen LogP contribution in [0.25, 0.3) is 0 Å². The minimum absolute atomic E-state index is 0.152. The normalized spacial score (nSPS) is 10.6. The molecule has 1 aromatic carbocycles. The van der Waals surface area contributed by atoms with Crippen molar-refractivity contribution in [2.75, 3.05) is 26.4 Å². The van der Waals surface area contributed by atoms with Crippen LogP contribution in [0, 0.1) is 5.92 Å². The highest BCUT2D eigenvalue weighted by Crippen LogP contribution is 2.39. The molecule has 0 aliphatic rings. The predicted octanol–water partition coefficient (Wildman–Crippen LogP) is 3.54. The van der Waals surface area contributed by atoms with E-state index in [4.69, 9.17) is 18.9 Å². The van der Waals surface area contributed by atoms with E-state index in [0.29, 0.717) is 60.9 Å². The highest BCUT2D eigenvalue weighted by Gasteiger charge is 2.18. The zero-order chi connectivity index (χ0) is 22.8. The molecule has 0 unspecified atom stereocenters. The van der Waals surface area contributed by atoms with Crippen LogP contribution in [0.2, 0.25) is 0 Å². The first-order valence-electron chi connectivity index (χ1n) is 10.6. The van der Waals surface area contributed by atoms with Crippen molar-refractivity contribution in [1.82, 2.24) is 10.3 Å². The van der Waals surface area contributed by atoms with Gasteiger partial charge in [-0.15, -0.1) is 0 Å². The van der Waals surface area contributed by atoms with Crippen LogP contribution in [0.1, 0.15) is 50.7 Å². The van der Waals surface area contributed by atoms with Crippen LogP contribution in [0.4, 0.5) is 0 Å². The van der Waals surface area contributed by atoms with Gasteiger partial charge in [0.2, 0.25) is 11.2 Å². The molecule has 2 rings (SSSR count). The van der Waals surface area contributed by atoms with Gasteiger partial charge in [-0.2, -0.15) is 0 Å². The molecule has 1 aromatic heterocycles. The SMILES string of the molecule is CCOc1cc(C(=O)NCc2cc(=O)c(OCC(C)C)c[nH]2)cc(OCC)c1OCC. The number of rotatable bonds is 12. The van der Waals surface area contributed by atoms with Gasteiger partial charge in [-0.05, 0) is 38.8 Å². The van der Waals surface area contributed by atoms with Crippen molar-refractivity contribution >= 4 is 5.91 Å². The zero-order valence-electron chi connectivity index (χ0n) is 18.9. The van der Waals surface area contributed by atoms with E-state index in [2.05, 4.69) is 10.3 Å². The Balaban J connectivity index is 2.16. The number of hydrogen-bond donors (Lipinski definition) is 2. The Morgan fingerprint density at radius 3 is 2.06 bits per heavy atom. The molecule has 8 nitrogen and oxygen atoms in total. The molecule has 31 heavy (non-hydrogen) atoms. The highest BCUT2D eigenvalue weighted by molar-refractivity contribution is 5.95. The van der Waals surface area contributed by atoms with E-state index in [9.17, 15) is 9.59 Å². The van der Waals surface area contributed by atoms with Gasteiger partial charge in [-0.3, -0.25) is 9.59 Å². The number of aromatic nitrogens is 1. The molecule has 0 bridgehead atoms. The molecule has 0 aliphatic carbocycles. The first-order valence-corrected chi connectivity index (χ1v) is 10.6. The van der Waals surface area contributed by atoms with Crippen molar-refractivity contribution in [2.24, 2.45) is 5.92 Å². The molecule has 0 saturated heterocycles. The van der Waals surface area contributed by atoms with Crippen molar-refractivity contribution in [2.45, 2.75) is 41.2 Å². The minimum atomic E-state index is -0.328. The second-order valence-corrected chi connectivity index (χ2v) is 7.17. The van der Waals surface area contributed by atoms with E-state index in [1.54, 1.807) is 12.1 Å². The number of amides is 1. The summed E-state index contributed by atoms with van der Waals surface area (Å²) in [5.41, 5.74) is 0.702. The maximum absolute atomic E-state index is 12.7. The van der Waals surface area contributed by atoms with E-state index in [0.717, 1.165) is 0 Å². The lowest BCUT2D eigenvalue weighted by molar-refractivity contribution is 0.0949. The molecule has 8 heteroatoms. The first-order chi connectivity index (χ1) is 14.9. The monoisotopic (exact) mass is 432 g/mol. The zero-order valence-corrected chi connectivity index (χ0v) is 18.9. The average molecular weight is 433 g/mol. The maximum atomic E-state index is 12.7. The Morgan fingerprint density at radius 2 is 1.55 bits per heavy atom. The number of ether oxygens (including phenoxy) is 4. The molecular formula is C23H32N2O6. The smallest absolute Gasteiger partial charge is 0.251 e. The summed E-state index contributed by atoms with van der Waals surface area (Å²) >= 11 is 0. The molecule has 0 radical (unpaired) electrons. The third-order valence-electron chi connectivity index (χ3n) is 4.12. The number of aromatic amines is 1. The van der Waals surface area contributed by atoms with Gasteiger partial charge in [-0.25, -0.2) is 0 Å². The number of H-pyrrole nitrogens is 1. The minimum Gasteiger partial charge on any atom is -0.490 e. The topological polar surface area (TPSA) is 98.9 Å². The molecule has 0 aliphatic heterocycles. The fraction of sp³-hybridized carbons (Fsp3) is 0.478. The largest absolute Gasteiger partial charge is 0.490 e. The van der Waals surface area contributed by atoms with Crippen LogP contribution >= 0.6 is 0 Å². The van der Waals surface area contributed by atoms with Gasteiger partial charge in [0.25, 0.3) is 5.91 Å². The van der Waals surface area contributed by atoms with Gasteiger partial charge >= 0.3 is 0 Å². The van der Waals surface area contributed by atoms with Crippen molar-refractivity contribution in [1.29, 1.82) is 0 Å². The molecule has 1 amide bonds. The first kappa shape index (κ1) is 24.1. The molecule has 0 spiro atoms. The van der Waals surface area contributed by atoms with Crippen molar-refractivity contribution in [3.05, 3.63) is 45.9 Å². The Kier molecular flexibility index (Phi) is 9.24. The van der Waals surface area contributed by atoms with Crippen LogP contribution in [-0.2, 0) is 6.54 Å². The van der Waals surface area contributed by atoms with Crippen LogP contribution in [0.15, 0.2) is 29.2 Å². The Morgan fingerprint density at radius 1 is 0.935 bits per heavy atom. The standard InChI is InChI=1S/C23H32N2O6/c1-6-28-19-9-16(10-20(29-7-2)22(19)30-8-3)23(27)25-12-17-11-18(26)21(13-24-17)31-14-15(4)5/h9-11,13,15H,6-8,12,14H2,1-5H3,(H,24,26)(H,25,27). The average Bonchev–Trinajstić information content (AvgIpc) is 2.73. The van der Waals surface area contributed by atoms with Crippen molar-refractivity contribution < 1.29 is 23.7 Å². The van der Waals surface area contributed by atoms with E-state index in [1.807, 2.05) is 34.6 Å². The van der Waals surface area contributed by atoms with Crippen LogP contribution in [-0.4, -0.2) is 37.3 Å². The molecule has 2 aromatic rings. The Labute approximate surface area is 182 Å². The molecule has 0 fully saturated rings. The van der Waals surface area contributed by atoms with Gasteiger partial charge in [-0.1, -0.05) is 13.8 Å². The summed E-state index contributed by atoms with van der Waals surface area (Å²) in [6.45, 7) is 11.5. The van der Waals surface area contributed by atoms with Gasteiger partial charge in [0.05, 0.1) is 33.0 Å². The summed E-state index contributed by atoms with van der Waals surface area (Å²) in [4.78, 5) is 27.9. The fourth-order valence-corrected chi connectivity index (χ4v) is 2.77. The number of nitrogens with one attached hydrogen (secondary N) is 2. The molecule has 170 valence electrons. The van der Waals surface area contributed by atoms with Gasteiger partial charge in [0.15, 0.2) is 17.2 Å². The number of pyridine rings is 1. The van der Waals surface area contributed by atoms with Crippen LogP contribution in [0.3, 0.4) is 0 Å². The molecule has 0 atom stereocenters. The van der Waals surface area contributed by atoms with Gasteiger partial charge < -0.3 is 29.2 Å². The van der Waals surface area contributed by atoms with Crippen LogP contribution in [0.5, 0.6) is 23.0 Å². The summed E-state index contributed by atoms with van der Waals surface area (Å²) in [6, 6.07) is 4.67. The number of carbonyl (C=O) groups is 1. The van der Waals surface area contributed by atoms with Crippen LogP contribution < -0.4 is 29.7 Å². The predicted molar refractivity (Wildman–Crippen MR) is 119 cm³/mol. The van der Waals surface area contributed by atoms with E-state index >= 15 is 0 Å². The highest BCUT2D eigenvalue weighted by atomic mass is 16.5. The van der Waals surface area contributed by atoms with Gasteiger partial charge in [0.1, 0.15) is 0 Å². The lowest BCUT2D eigenvalue weighted by Crippen LogP contribution is -2.24. The van der Waals surface area contributed by atoms with E-state index < -0.39 is 0 Å². The third-order valence-corrected chi connectivity index (χ3v) is 4.12. The summed E-state index contributed by atoms with van der Waals surface area (Å²) in [7, 11) is 0. The van der Waals surface area contributed by atoms with Crippen molar-refractivity contribution in [3.63, 3.8) is 0 Å². The summed E-state index contributed by atoms with van der Waals surface area (Å²) in [6.07, 6.45) is 1.52. The number of carbonyl (C=O) groups excluding carboxylic acids is 1. The quantitative estimate of drug-likeness (QED) is 0.532. The lowest BCUT2D eigenvalue weighted by atomic mass is 10.1. The number of hydrogen-bond acceptors (Lipinski definition) is 6. The molecule has 2 N–H and O–H groups in total. The van der Waals surface area contributed by atoms with Gasteiger partial charge in [0, 0.05) is 23.5 Å². The third kappa shape index (κ3) is 6.94. The molecule has 1 heterocycles. The Bertz CT molecular complexity index is 896. The summed E-state index contributed by atoms with van der Waals surface area (Å²) in [5, 5.41) is 2.80. The second kappa shape index (κ2) is 11.9. The maximum Gasteiger partial charge on any atom is 0.251 e. The lowest BCUT2D eigenvalue weighted by Gasteiger charge is -2.17. The fourth-order valence-electron chi connectivity index (χ4n) is 2.77. The van der Waals surface area contributed by atoms with Crippen molar-refractivity contribution in [3.8, 4) is 23.0 Å². The Hall–Kier alpha value is -3.16. The van der Waals surface area contributed by atoms with E-state index in [-0.39, 0.29) is 23.6 Å². The second-order valence-electron chi connectivity index (χ2n) is 7.17. The summed E-state index contributed by atoms with van der Waals surface area (Å²) in [5.74, 6) is 1.62. The number of benzene rings is 1. The molecule has 0 saturated carbocycles. The summed E-state index contributed by atoms with van der Waals surface area (Å²) < 4.78 is 22.4. The molecular weight excluding hydrogens is 400 g/mol.